The van der Waals surface area contributed by atoms with E-state index >= 15 is 0 Å². The van der Waals surface area contributed by atoms with Gasteiger partial charge in [0.2, 0.25) is 0 Å². The molecule has 2 heteroatoms. The van der Waals surface area contributed by atoms with Crippen molar-refractivity contribution in [2.75, 3.05) is 4.90 Å². The highest BCUT2D eigenvalue weighted by Gasteiger charge is 2.38. The maximum absolute atomic E-state index is 6.58. The molecule has 0 radical (unpaired) electrons. The molecule has 0 saturated heterocycles. The Kier molecular flexibility index (Phi) is 6.99. The number of benzene rings is 6. The molecule has 7 aromatic rings. The Bertz CT molecular complexity index is 2650. The Morgan fingerprint density at radius 3 is 1.60 bits per heavy atom. The molecule has 9 rings (SSSR count). The van der Waals surface area contributed by atoms with Crippen molar-refractivity contribution in [2.45, 2.75) is 97.8 Å². The Morgan fingerprint density at radius 1 is 0.472 bits per heavy atom. The van der Waals surface area contributed by atoms with E-state index in [0.29, 0.717) is 0 Å². The number of hydrogen-bond acceptors (Lipinski definition) is 2. The summed E-state index contributed by atoms with van der Waals surface area (Å²) in [4.78, 5) is 2.47. The number of hydrogen-bond donors (Lipinski definition) is 0. The fraction of sp³-hybridized carbons (Fsp3) is 0.294. The summed E-state index contributed by atoms with van der Waals surface area (Å²) in [6, 6.07) is 41.6. The first-order chi connectivity index (χ1) is 24.9. The molecule has 0 bridgehead atoms. The molecular weight excluding hydrogens is 643 g/mol. The second-order valence-electron chi connectivity index (χ2n) is 18.8. The highest BCUT2D eigenvalue weighted by Crippen LogP contribution is 2.54. The molecule has 0 amide bonds. The lowest BCUT2D eigenvalue weighted by Crippen LogP contribution is -2.19. The minimum absolute atomic E-state index is 0.0379. The van der Waals surface area contributed by atoms with Gasteiger partial charge in [0.05, 0.1) is 0 Å². The first-order valence-corrected chi connectivity index (χ1v) is 19.3. The molecule has 2 aliphatic rings. The smallest absolute Gasteiger partial charge is 0.135 e. The lowest BCUT2D eigenvalue weighted by atomic mass is 9.79. The average molecular weight is 694 g/mol. The van der Waals surface area contributed by atoms with Gasteiger partial charge in [-0.05, 0) is 127 Å². The Hall–Kier alpha value is -5.08. The van der Waals surface area contributed by atoms with E-state index in [0.717, 1.165) is 33.6 Å². The zero-order valence-corrected chi connectivity index (χ0v) is 33.2. The minimum atomic E-state index is -0.137. The van der Waals surface area contributed by atoms with Gasteiger partial charge in [-0.3, -0.25) is 0 Å². The second kappa shape index (κ2) is 11.0. The molecule has 53 heavy (non-hydrogen) atoms. The SMILES string of the molecule is Cc1cc(C(C)(C)C)cc2oc3ccc(N(c4ccc5c(c4)C(C)(C)c4ccccc4-5)c4ccc5c(c4)C(C)(C)c4cc(C(C)(C)C)ccc4-5)cc3c12. The number of furan rings is 1. The molecule has 2 nitrogen and oxygen atoms in total. The molecule has 1 aromatic heterocycles. The Balaban J connectivity index is 1.25. The van der Waals surface area contributed by atoms with E-state index in [9.17, 15) is 0 Å². The van der Waals surface area contributed by atoms with E-state index in [1.165, 1.54) is 66.6 Å². The number of fused-ring (bicyclic) bond motifs is 9. The summed E-state index contributed by atoms with van der Waals surface area (Å²) in [6.45, 7) is 25.5. The van der Waals surface area contributed by atoms with Gasteiger partial charge >= 0.3 is 0 Å². The van der Waals surface area contributed by atoms with Gasteiger partial charge in [0.25, 0.3) is 0 Å². The summed E-state index contributed by atoms with van der Waals surface area (Å²) >= 11 is 0. The van der Waals surface area contributed by atoms with Crippen LogP contribution in [0.3, 0.4) is 0 Å². The third kappa shape index (κ3) is 4.98. The third-order valence-corrected chi connectivity index (χ3v) is 12.5. The first kappa shape index (κ1) is 33.7. The van der Waals surface area contributed by atoms with Gasteiger partial charge in [-0.1, -0.05) is 130 Å². The Labute approximate surface area is 315 Å². The third-order valence-electron chi connectivity index (χ3n) is 12.5. The van der Waals surface area contributed by atoms with Crippen molar-refractivity contribution in [1.29, 1.82) is 0 Å². The van der Waals surface area contributed by atoms with E-state index in [4.69, 9.17) is 4.42 Å². The van der Waals surface area contributed by atoms with E-state index < -0.39 is 0 Å². The molecular formula is C51H51NO. The zero-order chi connectivity index (χ0) is 37.4. The molecule has 0 atom stereocenters. The van der Waals surface area contributed by atoms with Crippen molar-refractivity contribution in [1.82, 2.24) is 0 Å². The van der Waals surface area contributed by atoms with Crippen LogP contribution in [-0.2, 0) is 21.7 Å². The maximum atomic E-state index is 6.58. The van der Waals surface area contributed by atoms with Gasteiger partial charge < -0.3 is 9.32 Å². The van der Waals surface area contributed by atoms with Crippen molar-refractivity contribution >= 4 is 39.0 Å². The maximum Gasteiger partial charge on any atom is 0.135 e. The van der Waals surface area contributed by atoms with Crippen LogP contribution in [0, 0.1) is 6.92 Å². The molecule has 266 valence electrons. The number of nitrogens with zero attached hydrogens (tertiary/aromatic N) is 1. The summed E-state index contributed by atoms with van der Waals surface area (Å²) in [6.07, 6.45) is 0. The summed E-state index contributed by atoms with van der Waals surface area (Å²) in [5.74, 6) is 0. The van der Waals surface area contributed by atoms with Crippen LogP contribution in [0.25, 0.3) is 44.2 Å². The van der Waals surface area contributed by atoms with Crippen LogP contribution in [0.1, 0.15) is 108 Å². The number of anilines is 3. The molecule has 0 unspecified atom stereocenters. The highest BCUT2D eigenvalue weighted by atomic mass is 16.3. The van der Waals surface area contributed by atoms with Gasteiger partial charge in [-0.25, -0.2) is 0 Å². The van der Waals surface area contributed by atoms with E-state index in [2.05, 4.69) is 190 Å². The van der Waals surface area contributed by atoms with Crippen LogP contribution in [-0.4, -0.2) is 0 Å². The lowest BCUT2D eigenvalue weighted by Gasteiger charge is -2.30. The van der Waals surface area contributed by atoms with Crippen molar-refractivity contribution < 1.29 is 4.42 Å². The molecule has 0 saturated carbocycles. The topological polar surface area (TPSA) is 16.4 Å². The molecule has 0 fully saturated rings. The van der Waals surface area contributed by atoms with Crippen molar-refractivity contribution in [2.24, 2.45) is 0 Å². The van der Waals surface area contributed by atoms with Gasteiger partial charge in [-0.15, -0.1) is 0 Å². The van der Waals surface area contributed by atoms with Crippen LogP contribution in [0.2, 0.25) is 0 Å². The fourth-order valence-electron chi connectivity index (χ4n) is 9.28. The fourth-order valence-corrected chi connectivity index (χ4v) is 9.28. The summed E-state index contributed by atoms with van der Waals surface area (Å²) in [7, 11) is 0. The van der Waals surface area contributed by atoms with E-state index in [-0.39, 0.29) is 21.7 Å². The van der Waals surface area contributed by atoms with E-state index in [1.807, 2.05) is 0 Å². The van der Waals surface area contributed by atoms with Crippen molar-refractivity contribution in [3.8, 4) is 22.3 Å². The van der Waals surface area contributed by atoms with Crippen LogP contribution >= 0.6 is 0 Å². The average Bonchev–Trinajstić information content (AvgIpc) is 3.67. The Morgan fingerprint density at radius 2 is 0.981 bits per heavy atom. The second-order valence-corrected chi connectivity index (χ2v) is 18.8. The molecule has 2 aliphatic carbocycles. The largest absolute Gasteiger partial charge is 0.456 e. The van der Waals surface area contributed by atoms with Gasteiger partial charge in [0.15, 0.2) is 0 Å². The van der Waals surface area contributed by atoms with Crippen LogP contribution in [0.4, 0.5) is 17.1 Å². The summed E-state index contributed by atoms with van der Waals surface area (Å²) in [5.41, 5.74) is 20.0. The predicted octanol–water partition coefficient (Wildman–Crippen LogP) is 14.6. The van der Waals surface area contributed by atoms with Gasteiger partial charge in [0.1, 0.15) is 11.2 Å². The standard InChI is InChI=1S/C51H51NO/c1-30-24-32(49(5,6)7)26-46-47(30)40-27-33(19-23-45(40)53-46)52(34-17-21-38-36-14-12-13-15-41(36)50(8,9)43(38)28-34)35-18-22-39-37-20-16-31(48(2,3)4)25-42(37)51(10,11)44(39)29-35/h12-29H,1-11H3. The monoisotopic (exact) mass is 693 g/mol. The molecule has 1 heterocycles. The molecule has 0 spiro atoms. The summed E-state index contributed by atoms with van der Waals surface area (Å²) < 4.78 is 6.58. The summed E-state index contributed by atoms with van der Waals surface area (Å²) in [5, 5.41) is 2.35. The van der Waals surface area contributed by atoms with Crippen molar-refractivity contribution in [3.63, 3.8) is 0 Å². The van der Waals surface area contributed by atoms with Gasteiger partial charge in [-0.2, -0.15) is 0 Å². The van der Waals surface area contributed by atoms with Crippen LogP contribution < -0.4 is 4.90 Å². The van der Waals surface area contributed by atoms with Gasteiger partial charge in [0, 0.05) is 38.7 Å². The van der Waals surface area contributed by atoms with E-state index in [1.54, 1.807) is 0 Å². The quantitative estimate of drug-likeness (QED) is 0.183. The number of rotatable bonds is 3. The van der Waals surface area contributed by atoms with Crippen LogP contribution in [0.5, 0.6) is 0 Å². The number of aryl methyl sites for hydroxylation is 1. The lowest BCUT2D eigenvalue weighted by molar-refractivity contribution is 0.584. The van der Waals surface area contributed by atoms with Crippen molar-refractivity contribution in [3.05, 3.63) is 148 Å². The first-order valence-electron chi connectivity index (χ1n) is 19.3. The molecule has 0 N–H and O–H groups in total. The highest BCUT2D eigenvalue weighted by molar-refractivity contribution is 6.08. The minimum Gasteiger partial charge on any atom is -0.456 e. The molecule has 0 aliphatic heterocycles. The van der Waals surface area contributed by atoms with Crippen LogP contribution in [0.15, 0.2) is 114 Å². The molecule has 6 aromatic carbocycles. The normalized spacial score (nSPS) is 15.4. The zero-order valence-electron chi connectivity index (χ0n) is 33.2. The predicted molar refractivity (Wildman–Crippen MR) is 226 cm³/mol.